The van der Waals surface area contributed by atoms with Crippen LogP contribution >= 0.6 is 0 Å². The molecule has 1 saturated heterocycles. The highest BCUT2D eigenvalue weighted by atomic mass is 16.4. The summed E-state index contributed by atoms with van der Waals surface area (Å²) in [6, 6.07) is -0.305. The van der Waals surface area contributed by atoms with E-state index in [0.29, 0.717) is 5.92 Å². The Kier molecular flexibility index (Phi) is 4.39. The molecule has 0 aromatic carbocycles. The molecule has 0 amide bonds. The Morgan fingerprint density at radius 1 is 1.57 bits per heavy atom. The van der Waals surface area contributed by atoms with Crippen LogP contribution in [0.25, 0.3) is 0 Å². The van der Waals surface area contributed by atoms with E-state index < -0.39 is 5.97 Å². The standard InChI is InChI=1S/C11H21NO2/c1-8(2)3-4-9-5-6-12-10(7-9)11(13)14/h8-10,12H,3-7H2,1-2H3,(H,13,14). The second-order valence-electron chi connectivity index (χ2n) is 4.71. The molecular formula is C11H21NO2. The van der Waals surface area contributed by atoms with E-state index in [0.717, 1.165) is 25.3 Å². The van der Waals surface area contributed by atoms with Gasteiger partial charge in [-0.2, -0.15) is 0 Å². The minimum Gasteiger partial charge on any atom is -0.480 e. The molecule has 3 heteroatoms. The van der Waals surface area contributed by atoms with Gasteiger partial charge in [-0.05, 0) is 31.2 Å². The summed E-state index contributed by atoms with van der Waals surface area (Å²) in [6.45, 7) is 5.30. The Labute approximate surface area is 85.9 Å². The molecule has 0 saturated carbocycles. The lowest BCUT2D eigenvalue weighted by molar-refractivity contribution is -0.140. The van der Waals surface area contributed by atoms with E-state index in [2.05, 4.69) is 19.2 Å². The summed E-state index contributed by atoms with van der Waals surface area (Å²) in [5.41, 5.74) is 0. The zero-order valence-electron chi connectivity index (χ0n) is 9.12. The zero-order chi connectivity index (χ0) is 10.6. The maximum Gasteiger partial charge on any atom is 0.320 e. The van der Waals surface area contributed by atoms with Crippen LogP contribution in [0.2, 0.25) is 0 Å². The number of hydrogen-bond acceptors (Lipinski definition) is 2. The van der Waals surface area contributed by atoms with E-state index >= 15 is 0 Å². The number of nitrogens with one attached hydrogen (secondary N) is 1. The maximum absolute atomic E-state index is 10.8. The average Bonchev–Trinajstić information content (AvgIpc) is 2.15. The molecule has 0 radical (unpaired) electrons. The van der Waals surface area contributed by atoms with Crippen LogP contribution in [0.15, 0.2) is 0 Å². The first-order chi connectivity index (χ1) is 6.59. The zero-order valence-corrected chi connectivity index (χ0v) is 9.12. The third-order valence-electron chi connectivity index (χ3n) is 2.96. The summed E-state index contributed by atoms with van der Waals surface area (Å²) in [7, 11) is 0. The number of piperidine rings is 1. The van der Waals surface area contributed by atoms with Crippen molar-refractivity contribution in [2.45, 2.75) is 45.6 Å². The van der Waals surface area contributed by atoms with Gasteiger partial charge in [-0.3, -0.25) is 4.79 Å². The van der Waals surface area contributed by atoms with Gasteiger partial charge in [0.15, 0.2) is 0 Å². The van der Waals surface area contributed by atoms with Gasteiger partial charge in [0, 0.05) is 0 Å². The van der Waals surface area contributed by atoms with Crippen molar-refractivity contribution in [3.63, 3.8) is 0 Å². The summed E-state index contributed by atoms with van der Waals surface area (Å²) in [4.78, 5) is 10.8. The molecule has 1 aliphatic heterocycles. The second kappa shape index (κ2) is 5.35. The Bertz CT molecular complexity index is 192. The molecular weight excluding hydrogens is 178 g/mol. The number of aliphatic carboxylic acids is 1. The van der Waals surface area contributed by atoms with Crippen molar-refractivity contribution in [2.75, 3.05) is 6.54 Å². The first-order valence-electron chi connectivity index (χ1n) is 5.55. The van der Waals surface area contributed by atoms with Crippen LogP contribution in [0.4, 0.5) is 0 Å². The summed E-state index contributed by atoms with van der Waals surface area (Å²) < 4.78 is 0. The molecule has 1 aliphatic rings. The molecule has 0 aromatic heterocycles. The average molecular weight is 199 g/mol. The van der Waals surface area contributed by atoms with E-state index in [-0.39, 0.29) is 6.04 Å². The fourth-order valence-corrected chi connectivity index (χ4v) is 2.02. The van der Waals surface area contributed by atoms with Crippen molar-refractivity contribution in [2.24, 2.45) is 11.8 Å². The third-order valence-corrected chi connectivity index (χ3v) is 2.96. The highest BCUT2D eigenvalue weighted by Gasteiger charge is 2.25. The Morgan fingerprint density at radius 2 is 2.29 bits per heavy atom. The third kappa shape index (κ3) is 3.66. The predicted molar refractivity (Wildman–Crippen MR) is 56.2 cm³/mol. The smallest absolute Gasteiger partial charge is 0.320 e. The quantitative estimate of drug-likeness (QED) is 0.726. The maximum atomic E-state index is 10.8. The molecule has 3 nitrogen and oxygen atoms in total. The fourth-order valence-electron chi connectivity index (χ4n) is 2.02. The minimum atomic E-state index is -0.695. The fraction of sp³-hybridized carbons (Fsp3) is 0.909. The lowest BCUT2D eigenvalue weighted by atomic mass is 9.87. The molecule has 0 aliphatic carbocycles. The molecule has 14 heavy (non-hydrogen) atoms. The number of carbonyl (C=O) groups is 1. The first kappa shape index (κ1) is 11.5. The molecule has 1 fully saturated rings. The van der Waals surface area contributed by atoms with Crippen molar-refractivity contribution in [3.8, 4) is 0 Å². The Balaban J connectivity index is 2.29. The van der Waals surface area contributed by atoms with Gasteiger partial charge in [-0.15, -0.1) is 0 Å². The molecule has 2 N–H and O–H groups in total. The molecule has 2 unspecified atom stereocenters. The van der Waals surface area contributed by atoms with Crippen LogP contribution in [0.3, 0.4) is 0 Å². The van der Waals surface area contributed by atoms with Crippen LogP contribution in [0.5, 0.6) is 0 Å². The normalized spacial score (nSPS) is 27.9. The highest BCUT2D eigenvalue weighted by Crippen LogP contribution is 2.23. The van der Waals surface area contributed by atoms with Crippen molar-refractivity contribution in [3.05, 3.63) is 0 Å². The van der Waals surface area contributed by atoms with E-state index in [1.54, 1.807) is 0 Å². The van der Waals surface area contributed by atoms with Crippen molar-refractivity contribution in [1.82, 2.24) is 5.32 Å². The van der Waals surface area contributed by atoms with Crippen molar-refractivity contribution in [1.29, 1.82) is 0 Å². The number of carboxylic acid groups (broad SMARTS) is 1. The summed E-state index contributed by atoms with van der Waals surface area (Å²) >= 11 is 0. The van der Waals surface area contributed by atoms with Gasteiger partial charge >= 0.3 is 5.97 Å². The molecule has 0 bridgehead atoms. The first-order valence-corrected chi connectivity index (χ1v) is 5.55. The molecule has 2 atom stereocenters. The summed E-state index contributed by atoms with van der Waals surface area (Å²) in [5.74, 6) is 0.646. The lowest BCUT2D eigenvalue weighted by Crippen LogP contribution is -2.43. The van der Waals surface area contributed by atoms with Crippen LogP contribution in [0, 0.1) is 11.8 Å². The molecule has 0 spiro atoms. The van der Waals surface area contributed by atoms with Gasteiger partial charge < -0.3 is 10.4 Å². The van der Waals surface area contributed by atoms with E-state index in [1.165, 1.54) is 12.8 Å². The number of rotatable bonds is 4. The molecule has 82 valence electrons. The van der Waals surface area contributed by atoms with Gasteiger partial charge in [-0.1, -0.05) is 26.7 Å². The number of hydrogen-bond donors (Lipinski definition) is 2. The van der Waals surface area contributed by atoms with E-state index in [9.17, 15) is 4.79 Å². The number of carboxylic acids is 1. The van der Waals surface area contributed by atoms with Gasteiger partial charge in [-0.25, -0.2) is 0 Å². The minimum absolute atomic E-state index is 0.305. The SMILES string of the molecule is CC(C)CCC1CCNC(C(=O)O)C1. The largest absolute Gasteiger partial charge is 0.480 e. The summed E-state index contributed by atoms with van der Waals surface area (Å²) in [5, 5.41) is 11.9. The van der Waals surface area contributed by atoms with Gasteiger partial charge in [0.05, 0.1) is 0 Å². The summed E-state index contributed by atoms with van der Waals surface area (Å²) in [6.07, 6.45) is 4.35. The molecule has 1 rings (SSSR count). The van der Waals surface area contributed by atoms with Crippen molar-refractivity contribution >= 4 is 5.97 Å². The van der Waals surface area contributed by atoms with E-state index in [1.807, 2.05) is 0 Å². The Morgan fingerprint density at radius 3 is 2.86 bits per heavy atom. The van der Waals surface area contributed by atoms with Crippen LogP contribution in [-0.2, 0) is 4.79 Å². The van der Waals surface area contributed by atoms with Gasteiger partial charge in [0.1, 0.15) is 6.04 Å². The second-order valence-corrected chi connectivity index (χ2v) is 4.71. The lowest BCUT2D eigenvalue weighted by Gasteiger charge is -2.28. The van der Waals surface area contributed by atoms with Gasteiger partial charge in [0.25, 0.3) is 0 Å². The topological polar surface area (TPSA) is 49.3 Å². The van der Waals surface area contributed by atoms with Crippen LogP contribution in [-0.4, -0.2) is 23.7 Å². The van der Waals surface area contributed by atoms with E-state index in [4.69, 9.17) is 5.11 Å². The van der Waals surface area contributed by atoms with Gasteiger partial charge in [0.2, 0.25) is 0 Å². The van der Waals surface area contributed by atoms with Crippen LogP contribution < -0.4 is 5.32 Å². The molecule has 1 heterocycles. The molecule has 0 aromatic rings. The highest BCUT2D eigenvalue weighted by molar-refractivity contribution is 5.73. The van der Waals surface area contributed by atoms with Crippen LogP contribution in [0.1, 0.15) is 39.5 Å². The predicted octanol–water partition coefficient (Wildman–Crippen LogP) is 1.88. The Hall–Kier alpha value is -0.570. The monoisotopic (exact) mass is 199 g/mol. The van der Waals surface area contributed by atoms with Crippen molar-refractivity contribution < 1.29 is 9.90 Å².